The molecule has 0 saturated carbocycles. The van der Waals surface area contributed by atoms with Crippen molar-refractivity contribution in [3.8, 4) is 5.88 Å². The zero-order chi connectivity index (χ0) is 17.9. The molecule has 1 amide bonds. The van der Waals surface area contributed by atoms with Crippen molar-refractivity contribution in [2.75, 3.05) is 19.8 Å². The van der Waals surface area contributed by atoms with Crippen LogP contribution in [0.1, 0.15) is 43.2 Å². The number of carbonyl (C=O) groups is 1. The van der Waals surface area contributed by atoms with Crippen molar-refractivity contribution in [2.45, 2.75) is 53.1 Å². The van der Waals surface area contributed by atoms with Gasteiger partial charge in [-0.3, -0.25) is 0 Å². The molecule has 0 radical (unpaired) electrons. The summed E-state index contributed by atoms with van der Waals surface area (Å²) in [6.07, 6.45) is 1.30. The van der Waals surface area contributed by atoms with Gasteiger partial charge in [0.15, 0.2) is 0 Å². The standard InChI is InChI=1S/C18H28N2O4/c1-11-14-8-13(10-21)9-15(14)12(2)20-16(11)23-7-6-19-17(22)24-18(3,4)5/h13,21H,6-10H2,1-5H3,(H,19,22). The average Bonchev–Trinajstić information content (AvgIpc) is 2.91. The minimum atomic E-state index is -0.510. The number of nitrogens with zero attached hydrogens (tertiary/aromatic N) is 1. The zero-order valence-corrected chi connectivity index (χ0v) is 15.2. The first kappa shape index (κ1) is 18.5. The van der Waals surface area contributed by atoms with Crippen LogP contribution in [0.15, 0.2) is 0 Å². The van der Waals surface area contributed by atoms with Crippen molar-refractivity contribution < 1.29 is 19.4 Å². The highest BCUT2D eigenvalue weighted by atomic mass is 16.6. The van der Waals surface area contributed by atoms with E-state index in [0.29, 0.717) is 19.0 Å². The number of aliphatic hydroxyl groups is 1. The normalized spacial score (nSPS) is 16.7. The molecule has 1 aliphatic rings. The molecule has 6 nitrogen and oxygen atoms in total. The van der Waals surface area contributed by atoms with E-state index in [2.05, 4.69) is 10.3 Å². The number of nitrogens with one attached hydrogen (secondary N) is 1. The van der Waals surface area contributed by atoms with Gasteiger partial charge in [-0.2, -0.15) is 0 Å². The van der Waals surface area contributed by atoms with Crippen LogP contribution in [0, 0.1) is 19.8 Å². The molecule has 1 aromatic heterocycles. The number of aromatic nitrogens is 1. The summed E-state index contributed by atoms with van der Waals surface area (Å²) in [6, 6.07) is 0. The second-order valence-electron chi connectivity index (χ2n) is 7.32. The number of pyridine rings is 1. The zero-order valence-electron chi connectivity index (χ0n) is 15.2. The molecule has 1 atom stereocenters. The van der Waals surface area contributed by atoms with E-state index in [-0.39, 0.29) is 12.5 Å². The molecule has 1 heterocycles. The van der Waals surface area contributed by atoms with Crippen LogP contribution in [0.5, 0.6) is 5.88 Å². The molecule has 0 fully saturated rings. The quantitative estimate of drug-likeness (QED) is 0.807. The van der Waals surface area contributed by atoms with Crippen LogP contribution >= 0.6 is 0 Å². The molecule has 0 aromatic carbocycles. The number of aryl methyl sites for hydroxylation is 1. The summed E-state index contributed by atoms with van der Waals surface area (Å²) < 4.78 is 10.9. The van der Waals surface area contributed by atoms with E-state index in [9.17, 15) is 9.90 Å². The third-order valence-corrected chi connectivity index (χ3v) is 4.10. The van der Waals surface area contributed by atoms with Crippen LogP contribution in [0.2, 0.25) is 0 Å². The van der Waals surface area contributed by atoms with Crippen molar-refractivity contribution in [2.24, 2.45) is 5.92 Å². The van der Waals surface area contributed by atoms with E-state index >= 15 is 0 Å². The molecule has 0 spiro atoms. The summed E-state index contributed by atoms with van der Waals surface area (Å²) in [7, 11) is 0. The Morgan fingerprint density at radius 3 is 2.58 bits per heavy atom. The lowest BCUT2D eigenvalue weighted by atomic mass is 10.0. The molecule has 6 heteroatoms. The highest BCUT2D eigenvalue weighted by molar-refractivity contribution is 5.67. The van der Waals surface area contributed by atoms with Gasteiger partial charge in [-0.05, 0) is 64.5 Å². The number of amides is 1. The Morgan fingerprint density at radius 1 is 1.29 bits per heavy atom. The average molecular weight is 336 g/mol. The Balaban J connectivity index is 1.91. The van der Waals surface area contributed by atoms with Crippen LogP contribution in [0.3, 0.4) is 0 Å². The minimum absolute atomic E-state index is 0.198. The van der Waals surface area contributed by atoms with Crippen molar-refractivity contribution in [3.63, 3.8) is 0 Å². The van der Waals surface area contributed by atoms with Gasteiger partial charge in [0.05, 0.1) is 6.54 Å². The molecule has 0 saturated heterocycles. The highest BCUT2D eigenvalue weighted by Gasteiger charge is 2.26. The fourth-order valence-corrected chi connectivity index (χ4v) is 2.96. The number of hydrogen-bond acceptors (Lipinski definition) is 5. The van der Waals surface area contributed by atoms with Crippen LogP contribution in [0.25, 0.3) is 0 Å². The lowest BCUT2D eigenvalue weighted by Gasteiger charge is -2.19. The number of carbonyl (C=O) groups excluding carboxylic acids is 1. The van der Waals surface area contributed by atoms with Gasteiger partial charge in [0.1, 0.15) is 12.2 Å². The van der Waals surface area contributed by atoms with Crippen molar-refractivity contribution in [1.29, 1.82) is 0 Å². The minimum Gasteiger partial charge on any atom is -0.476 e. The predicted octanol–water partition coefficient (Wildman–Crippen LogP) is 2.31. The van der Waals surface area contributed by atoms with Gasteiger partial charge >= 0.3 is 6.09 Å². The number of fused-ring (bicyclic) bond motifs is 1. The van der Waals surface area contributed by atoms with Crippen molar-refractivity contribution in [1.82, 2.24) is 10.3 Å². The van der Waals surface area contributed by atoms with Gasteiger partial charge in [0.2, 0.25) is 5.88 Å². The second kappa shape index (κ2) is 7.38. The number of ether oxygens (including phenoxy) is 2. The van der Waals surface area contributed by atoms with Gasteiger partial charge < -0.3 is 19.9 Å². The Hall–Kier alpha value is -1.82. The lowest BCUT2D eigenvalue weighted by molar-refractivity contribution is 0.0520. The molecule has 134 valence electrons. The topological polar surface area (TPSA) is 80.7 Å². The summed E-state index contributed by atoms with van der Waals surface area (Å²) >= 11 is 0. The van der Waals surface area contributed by atoms with Gasteiger partial charge in [-0.1, -0.05) is 0 Å². The first-order valence-corrected chi connectivity index (χ1v) is 8.40. The molecule has 0 bridgehead atoms. The third kappa shape index (κ3) is 4.60. The number of hydrogen-bond donors (Lipinski definition) is 2. The monoisotopic (exact) mass is 336 g/mol. The molecule has 0 aliphatic heterocycles. The van der Waals surface area contributed by atoms with Gasteiger partial charge in [0.25, 0.3) is 0 Å². The Kier molecular flexibility index (Phi) is 5.70. The summed E-state index contributed by atoms with van der Waals surface area (Å²) in [5, 5.41) is 12.1. The van der Waals surface area contributed by atoms with Crippen molar-refractivity contribution in [3.05, 3.63) is 22.4 Å². The molecular formula is C18H28N2O4. The van der Waals surface area contributed by atoms with E-state index in [1.165, 1.54) is 11.1 Å². The number of aliphatic hydroxyl groups excluding tert-OH is 1. The summed E-state index contributed by atoms with van der Waals surface area (Å²) in [5.41, 5.74) is 3.97. The molecule has 2 rings (SSSR count). The van der Waals surface area contributed by atoms with E-state index in [4.69, 9.17) is 9.47 Å². The Labute approximate surface area is 143 Å². The SMILES string of the molecule is Cc1nc(OCCNC(=O)OC(C)(C)C)c(C)c2c1CC(CO)C2. The fraction of sp³-hybridized carbons (Fsp3) is 0.667. The number of rotatable bonds is 5. The van der Waals surface area contributed by atoms with Crippen molar-refractivity contribution >= 4 is 6.09 Å². The van der Waals surface area contributed by atoms with E-state index in [1.54, 1.807) is 0 Å². The Morgan fingerprint density at radius 2 is 1.96 bits per heavy atom. The van der Waals surface area contributed by atoms with Crippen LogP contribution in [0.4, 0.5) is 4.79 Å². The maximum absolute atomic E-state index is 11.6. The number of alkyl carbamates (subject to hydrolysis) is 1. The van der Waals surface area contributed by atoms with Gasteiger partial charge in [-0.25, -0.2) is 9.78 Å². The largest absolute Gasteiger partial charge is 0.476 e. The summed E-state index contributed by atoms with van der Waals surface area (Å²) in [4.78, 5) is 16.1. The third-order valence-electron chi connectivity index (χ3n) is 4.10. The molecule has 2 N–H and O–H groups in total. The molecule has 1 unspecified atom stereocenters. The molecule has 1 aliphatic carbocycles. The maximum Gasteiger partial charge on any atom is 0.407 e. The maximum atomic E-state index is 11.6. The first-order chi connectivity index (χ1) is 11.2. The smallest absolute Gasteiger partial charge is 0.407 e. The first-order valence-electron chi connectivity index (χ1n) is 8.40. The van der Waals surface area contributed by atoms with Gasteiger partial charge in [-0.15, -0.1) is 0 Å². The summed E-state index contributed by atoms with van der Waals surface area (Å²) in [5.74, 6) is 0.888. The molecule has 1 aromatic rings. The highest BCUT2D eigenvalue weighted by Crippen LogP contribution is 2.34. The second-order valence-corrected chi connectivity index (χ2v) is 7.32. The molecule has 24 heavy (non-hydrogen) atoms. The van der Waals surface area contributed by atoms with E-state index in [1.807, 2.05) is 34.6 Å². The van der Waals surface area contributed by atoms with E-state index in [0.717, 1.165) is 24.1 Å². The Bertz CT molecular complexity index is 608. The predicted molar refractivity (Wildman–Crippen MR) is 91.4 cm³/mol. The van der Waals surface area contributed by atoms with Gasteiger partial charge in [0, 0.05) is 17.9 Å². The van der Waals surface area contributed by atoms with E-state index < -0.39 is 11.7 Å². The summed E-state index contributed by atoms with van der Waals surface area (Å²) in [6.45, 7) is 10.3. The molecular weight excluding hydrogens is 308 g/mol. The van der Waals surface area contributed by atoms with Crippen LogP contribution < -0.4 is 10.1 Å². The lowest BCUT2D eigenvalue weighted by Crippen LogP contribution is -2.34. The van der Waals surface area contributed by atoms with Crippen LogP contribution in [-0.2, 0) is 17.6 Å². The van der Waals surface area contributed by atoms with Crippen LogP contribution in [-0.4, -0.2) is 41.5 Å². The fourth-order valence-electron chi connectivity index (χ4n) is 2.96.